The Morgan fingerprint density at radius 1 is 1.03 bits per heavy atom. The molecule has 3 rings (SSSR count). The van der Waals surface area contributed by atoms with Crippen molar-refractivity contribution >= 4 is 23.6 Å². The van der Waals surface area contributed by atoms with Crippen molar-refractivity contribution in [2.75, 3.05) is 31.2 Å². The summed E-state index contributed by atoms with van der Waals surface area (Å²) in [6.45, 7) is 7.84. The summed E-state index contributed by atoms with van der Waals surface area (Å²) in [6.07, 6.45) is 14.7. The summed E-state index contributed by atoms with van der Waals surface area (Å²) in [5, 5.41) is 14.8. The molecule has 2 aromatic rings. The summed E-state index contributed by atoms with van der Waals surface area (Å²) in [5.41, 5.74) is 2.55. The first kappa shape index (κ1) is 30.7. The lowest BCUT2D eigenvalue weighted by molar-refractivity contribution is -0.159. The fourth-order valence-electron chi connectivity index (χ4n) is 4.41. The highest BCUT2D eigenvalue weighted by molar-refractivity contribution is 6.27. The zero-order valence-corrected chi connectivity index (χ0v) is 22.5. The summed E-state index contributed by atoms with van der Waals surface area (Å²) < 4.78 is 13.3. The van der Waals surface area contributed by atoms with Gasteiger partial charge in [-0.2, -0.15) is 0 Å². The molecule has 1 atom stereocenters. The molecule has 1 aliphatic heterocycles. The Morgan fingerprint density at radius 3 is 2.42 bits per heavy atom. The van der Waals surface area contributed by atoms with Gasteiger partial charge < -0.3 is 29.2 Å². The SMILES string of the molecule is CCCCCCCCOc1ccc2c(c1)C(CCn1ccnc1)CN2CCC(=O)OCC.O=C(O)C(=O)O. The minimum absolute atomic E-state index is 0.130. The molecule has 0 fully saturated rings. The predicted octanol–water partition coefficient (Wildman–Crippen LogP) is 4.73. The first-order valence-corrected chi connectivity index (χ1v) is 13.4. The number of aliphatic carboxylic acids is 2. The maximum absolute atomic E-state index is 11.9. The number of carboxylic acid groups (broad SMARTS) is 2. The number of carbonyl (C=O) groups excluding carboxylic acids is 1. The van der Waals surface area contributed by atoms with E-state index in [2.05, 4.69) is 39.6 Å². The molecular formula is C28H41N3O7. The number of hydrogen-bond donors (Lipinski definition) is 2. The summed E-state index contributed by atoms with van der Waals surface area (Å²) >= 11 is 0. The van der Waals surface area contributed by atoms with Crippen LogP contribution in [0.3, 0.4) is 0 Å². The van der Waals surface area contributed by atoms with Gasteiger partial charge in [-0.05, 0) is 43.5 Å². The highest BCUT2D eigenvalue weighted by atomic mass is 16.5. The average molecular weight is 532 g/mol. The van der Waals surface area contributed by atoms with E-state index >= 15 is 0 Å². The van der Waals surface area contributed by atoms with E-state index in [4.69, 9.17) is 29.3 Å². The second-order valence-electron chi connectivity index (χ2n) is 9.23. The third-order valence-corrected chi connectivity index (χ3v) is 6.36. The van der Waals surface area contributed by atoms with Crippen LogP contribution in [0.4, 0.5) is 5.69 Å². The highest BCUT2D eigenvalue weighted by Crippen LogP contribution is 2.40. The van der Waals surface area contributed by atoms with E-state index in [1.54, 1.807) is 0 Å². The number of fused-ring (bicyclic) bond motifs is 1. The maximum Gasteiger partial charge on any atom is 0.414 e. The Morgan fingerprint density at radius 2 is 1.76 bits per heavy atom. The van der Waals surface area contributed by atoms with E-state index in [0.29, 0.717) is 25.5 Å². The van der Waals surface area contributed by atoms with Crippen molar-refractivity contribution in [2.45, 2.75) is 77.7 Å². The van der Waals surface area contributed by atoms with Gasteiger partial charge in [-0.25, -0.2) is 14.6 Å². The normalized spacial score (nSPS) is 13.8. The molecule has 1 aliphatic rings. The lowest BCUT2D eigenvalue weighted by Gasteiger charge is -2.19. The molecule has 0 saturated carbocycles. The molecule has 10 nitrogen and oxygen atoms in total. The fourth-order valence-corrected chi connectivity index (χ4v) is 4.41. The maximum atomic E-state index is 11.9. The van der Waals surface area contributed by atoms with Crippen LogP contribution in [0.2, 0.25) is 0 Å². The zero-order valence-electron chi connectivity index (χ0n) is 22.5. The van der Waals surface area contributed by atoms with Crippen LogP contribution < -0.4 is 9.64 Å². The van der Waals surface area contributed by atoms with Crippen LogP contribution in [0.5, 0.6) is 5.75 Å². The molecular weight excluding hydrogens is 490 g/mol. The molecule has 1 unspecified atom stereocenters. The molecule has 0 saturated heterocycles. The number of imidazole rings is 1. The van der Waals surface area contributed by atoms with Gasteiger partial charge >= 0.3 is 17.9 Å². The number of ether oxygens (including phenoxy) is 2. The van der Waals surface area contributed by atoms with E-state index in [-0.39, 0.29) is 5.97 Å². The van der Waals surface area contributed by atoms with Gasteiger partial charge in [0, 0.05) is 43.6 Å². The van der Waals surface area contributed by atoms with Crippen LogP contribution in [0, 0.1) is 0 Å². The Kier molecular flexibility index (Phi) is 13.8. The van der Waals surface area contributed by atoms with Gasteiger partial charge in [-0.3, -0.25) is 4.79 Å². The van der Waals surface area contributed by atoms with Gasteiger partial charge in [-0.15, -0.1) is 0 Å². The smallest absolute Gasteiger partial charge is 0.414 e. The Hall–Kier alpha value is -3.56. The molecule has 0 amide bonds. The van der Waals surface area contributed by atoms with Crippen LogP contribution >= 0.6 is 0 Å². The number of benzene rings is 1. The molecule has 210 valence electrons. The molecule has 0 radical (unpaired) electrons. The molecule has 0 aliphatic carbocycles. The second kappa shape index (κ2) is 17.0. The van der Waals surface area contributed by atoms with Gasteiger partial charge in [0.2, 0.25) is 0 Å². The number of rotatable bonds is 15. The summed E-state index contributed by atoms with van der Waals surface area (Å²) in [7, 11) is 0. The minimum atomic E-state index is -1.82. The van der Waals surface area contributed by atoms with E-state index in [0.717, 1.165) is 38.3 Å². The van der Waals surface area contributed by atoms with Gasteiger partial charge in [0.05, 0.1) is 26.0 Å². The van der Waals surface area contributed by atoms with Crippen LogP contribution in [0.1, 0.15) is 76.7 Å². The van der Waals surface area contributed by atoms with Crippen LogP contribution in [-0.2, 0) is 25.7 Å². The molecule has 0 bridgehead atoms. The van der Waals surface area contributed by atoms with Crippen molar-refractivity contribution in [1.29, 1.82) is 0 Å². The summed E-state index contributed by atoms with van der Waals surface area (Å²) in [6, 6.07) is 6.45. The number of aromatic nitrogens is 2. The third kappa shape index (κ3) is 10.8. The van der Waals surface area contributed by atoms with Crippen molar-refractivity contribution < 1.29 is 34.1 Å². The van der Waals surface area contributed by atoms with E-state index in [1.165, 1.54) is 43.4 Å². The molecule has 2 N–H and O–H groups in total. The van der Waals surface area contributed by atoms with E-state index in [1.807, 2.05) is 25.6 Å². The second-order valence-corrected chi connectivity index (χ2v) is 9.23. The standard InChI is InChI=1S/C26H39N3O3.C2H2O4/c1-3-5-6-7-8-9-18-32-23-10-11-25-24(19-23)22(12-15-28-17-14-27-21-28)20-29(25)16-13-26(30)31-4-2;3-1(4)2(5)6/h10-11,14,17,19,21-22H,3-9,12-13,15-16,18,20H2,1-2H3;(H,3,4)(H,5,6). The molecule has 2 heterocycles. The Labute approximate surface area is 224 Å². The quantitative estimate of drug-likeness (QED) is 0.190. The Bertz CT molecular complexity index is 982. The Balaban J connectivity index is 0.000000757. The van der Waals surface area contributed by atoms with Crippen molar-refractivity contribution in [3.8, 4) is 5.75 Å². The molecule has 10 heteroatoms. The number of carboxylic acids is 2. The fraction of sp³-hybridized carbons (Fsp3) is 0.571. The number of unbranched alkanes of at least 4 members (excludes halogenated alkanes) is 5. The number of nitrogens with zero attached hydrogens (tertiary/aromatic N) is 3. The predicted molar refractivity (Wildman–Crippen MR) is 144 cm³/mol. The first-order valence-electron chi connectivity index (χ1n) is 13.4. The number of esters is 1. The third-order valence-electron chi connectivity index (χ3n) is 6.36. The van der Waals surface area contributed by atoms with Gasteiger partial charge in [0.15, 0.2) is 0 Å². The van der Waals surface area contributed by atoms with E-state index in [9.17, 15) is 4.79 Å². The van der Waals surface area contributed by atoms with Crippen molar-refractivity contribution in [3.05, 3.63) is 42.5 Å². The van der Waals surface area contributed by atoms with Crippen LogP contribution in [0.15, 0.2) is 36.9 Å². The van der Waals surface area contributed by atoms with Crippen molar-refractivity contribution in [3.63, 3.8) is 0 Å². The summed E-state index contributed by atoms with van der Waals surface area (Å²) in [4.78, 5) is 36.6. The van der Waals surface area contributed by atoms with Crippen molar-refractivity contribution in [1.82, 2.24) is 9.55 Å². The van der Waals surface area contributed by atoms with Gasteiger partial charge in [0.1, 0.15) is 5.75 Å². The number of hydrogen-bond acceptors (Lipinski definition) is 7. The van der Waals surface area contributed by atoms with Gasteiger partial charge in [0.25, 0.3) is 0 Å². The number of carbonyl (C=O) groups is 3. The zero-order chi connectivity index (χ0) is 27.8. The minimum Gasteiger partial charge on any atom is -0.494 e. The molecule has 38 heavy (non-hydrogen) atoms. The van der Waals surface area contributed by atoms with Gasteiger partial charge in [-0.1, -0.05) is 39.0 Å². The van der Waals surface area contributed by atoms with Crippen LogP contribution in [-0.4, -0.2) is 64.0 Å². The molecule has 0 spiro atoms. The first-order chi connectivity index (χ1) is 18.3. The average Bonchev–Trinajstić information content (AvgIpc) is 3.54. The van der Waals surface area contributed by atoms with E-state index < -0.39 is 11.9 Å². The van der Waals surface area contributed by atoms with Crippen molar-refractivity contribution in [2.24, 2.45) is 0 Å². The monoisotopic (exact) mass is 531 g/mol. The molecule has 1 aromatic heterocycles. The lowest BCUT2D eigenvalue weighted by Crippen LogP contribution is -2.25. The molecule has 1 aromatic carbocycles. The van der Waals surface area contributed by atoms with Crippen LogP contribution in [0.25, 0.3) is 0 Å². The number of anilines is 1. The summed E-state index contributed by atoms with van der Waals surface area (Å²) in [5.74, 6) is -2.41. The lowest BCUT2D eigenvalue weighted by atomic mass is 9.97. The largest absolute Gasteiger partial charge is 0.494 e. The highest BCUT2D eigenvalue weighted by Gasteiger charge is 2.29. The topological polar surface area (TPSA) is 131 Å². The number of aryl methyl sites for hydroxylation is 1.